The molecule has 2 fully saturated rings. The van der Waals surface area contributed by atoms with Crippen LogP contribution in [0.15, 0.2) is 0 Å². The van der Waals surface area contributed by atoms with Gasteiger partial charge in [-0.05, 0) is 88.5 Å². The molecule has 0 bridgehead atoms. The molecule has 2 rings (SSSR count). The number of aliphatic hydroxyl groups excluding tert-OH is 2. The normalized spacial score (nSPS) is 21.7. The monoisotopic (exact) mass is 623 g/mol. The van der Waals surface area contributed by atoms with Crippen LogP contribution in [0.1, 0.15) is 88.5 Å². The van der Waals surface area contributed by atoms with Crippen LogP contribution in [0.5, 0.6) is 0 Å². The average molecular weight is 624 g/mol. The van der Waals surface area contributed by atoms with Crippen molar-refractivity contribution >= 4 is 12.2 Å². The maximum atomic E-state index is 12.2. The summed E-state index contributed by atoms with van der Waals surface area (Å²) in [4.78, 5) is 27.6. The number of nitrogens with two attached hydrogens (primary N) is 1. The summed E-state index contributed by atoms with van der Waals surface area (Å²) in [6, 6.07) is -0.227. The number of amides is 2. The van der Waals surface area contributed by atoms with Crippen molar-refractivity contribution in [3.63, 3.8) is 0 Å². The van der Waals surface area contributed by atoms with E-state index in [9.17, 15) is 9.59 Å². The third-order valence-electron chi connectivity index (χ3n) is 6.37. The number of ether oxygens (including phenoxy) is 6. The minimum Gasteiger partial charge on any atom is -0.444 e. The first-order chi connectivity index (χ1) is 19.7. The summed E-state index contributed by atoms with van der Waals surface area (Å²) < 4.78 is 31.8. The lowest BCUT2D eigenvalue weighted by molar-refractivity contribution is -0.0642. The molecule has 43 heavy (non-hydrogen) atoms. The molecule has 0 aromatic heterocycles. The molecule has 0 saturated carbocycles. The van der Waals surface area contributed by atoms with Gasteiger partial charge >= 0.3 is 12.2 Å². The van der Waals surface area contributed by atoms with Crippen LogP contribution in [0.2, 0.25) is 0 Å². The summed E-state index contributed by atoms with van der Waals surface area (Å²) in [5.74, 6) is 0. The fraction of sp³-hybridized carbons (Fsp3) is 0.933. The van der Waals surface area contributed by atoms with Crippen LogP contribution < -0.4 is 5.73 Å². The lowest BCUT2D eigenvalue weighted by atomic mass is 10.1. The van der Waals surface area contributed by atoms with Crippen molar-refractivity contribution in [2.75, 3.05) is 53.9 Å². The maximum absolute atomic E-state index is 12.2. The summed E-state index contributed by atoms with van der Waals surface area (Å²) in [5.41, 5.74) is 3.00. The highest BCUT2D eigenvalue weighted by Crippen LogP contribution is 2.31. The molecule has 2 aliphatic rings. The third kappa shape index (κ3) is 15.7. The first-order valence-corrected chi connectivity index (χ1v) is 14.9. The zero-order chi connectivity index (χ0) is 33.6. The van der Waals surface area contributed by atoms with Gasteiger partial charge in [-0.25, -0.2) is 9.59 Å². The Bertz CT molecular complexity index is 811. The second-order valence-electron chi connectivity index (χ2n) is 13.5. The molecule has 2 saturated heterocycles. The van der Waals surface area contributed by atoms with Crippen LogP contribution in [0.25, 0.3) is 0 Å². The van der Waals surface area contributed by atoms with Crippen molar-refractivity contribution in [3.05, 3.63) is 0 Å². The zero-order valence-corrected chi connectivity index (χ0v) is 28.7. The van der Waals surface area contributed by atoms with E-state index < -0.39 is 28.7 Å². The van der Waals surface area contributed by atoms with E-state index in [1.54, 1.807) is 24.0 Å². The van der Waals surface area contributed by atoms with Gasteiger partial charge in [0.25, 0.3) is 0 Å². The van der Waals surface area contributed by atoms with Gasteiger partial charge in [0.05, 0.1) is 31.9 Å². The van der Waals surface area contributed by atoms with Crippen LogP contribution in [0.4, 0.5) is 9.59 Å². The summed E-state index contributed by atoms with van der Waals surface area (Å²) in [7, 11) is 3.27. The number of aliphatic hydroxyl groups is 2. The second kappa shape index (κ2) is 18.3. The van der Waals surface area contributed by atoms with Crippen LogP contribution in [-0.4, -0.2) is 127 Å². The standard InChI is InChI=1S/C13H25NO4.C12H23NO4.C5H13NO2/c1-12(2,3)18-11(15)14-10(7-8-16-6)9-17-13(14,4)5;1-11(2,3)17-10(15)13-9(6-7-14)8-16-12(13,4)5;1-8-3-2-5(6)4-7/h10H,7-9H2,1-6H3;9,14H,6-8H2,1-5H3;5,7H,2-4,6H2,1H3/t10-;9-;5-/m111/s1. The lowest BCUT2D eigenvalue weighted by Crippen LogP contribution is -2.50. The first kappa shape index (κ1) is 41.3. The van der Waals surface area contributed by atoms with Crippen molar-refractivity contribution in [2.24, 2.45) is 5.73 Å². The van der Waals surface area contributed by atoms with Gasteiger partial charge in [0.1, 0.15) is 22.7 Å². The predicted octanol–water partition coefficient (Wildman–Crippen LogP) is 3.48. The number of methoxy groups -OCH3 is 2. The minimum atomic E-state index is -0.678. The third-order valence-corrected chi connectivity index (χ3v) is 6.37. The molecule has 3 atom stereocenters. The Morgan fingerprint density at radius 1 is 0.814 bits per heavy atom. The highest BCUT2D eigenvalue weighted by atomic mass is 16.6. The van der Waals surface area contributed by atoms with Crippen molar-refractivity contribution in [3.8, 4) is 0 Å². The molecule has 2 amide bonds. The number of carbonyl (C=O) groups is 2. The van der Waals surface area contributed by atoms with Crippen LogP contribution >= 0.6 is 0 Å². The van der Waals surface area contributed by atoms with Crippen molar-refractivity contribution in [2.45, 2.75) is 129 Å². The van der Waals surface area contributed by atoms with Crippen molar-refractivity contribution < 1.29 is 48.2 Å². The summed E-state index contributed by atoms with van der Waals surface area (Å²) >= 11 is 0. The molecular weight excluding hydrogens is 562 g/mol. The minimum absolute atomic E-state index is 0.00907. The molecular formula is C30H61N3O10. The Morgan fingerprint density at radius 2 is 1.21 bits per heavy atom. The topological polar surface area (TPSA) is 162 Å². The number of hydrogen-bond donors (Lipinski definition) is 3. The van der Waals surface area contributed by atoms with Crippen molar-refractivity contribution in [1.82, 2.24) is 9.80 Å². The SMILES string of the molecule is CC(C)(C)OC(=O)N1[C@H](CCO)COC1(C)C.COCC[C@@H](N)CO.COCC[C@@H]1COC(C)(C)N1C(=O)OC(C)(C)C. The molecule has 0 aromatic rings. The molecule has 0 unspecified atom stereocenters. The van der Waals surface area contributed by atoms with E-state index in [2.05, 4.69) is 0 Å². The van der Waals surface area contributed by atoms with Gasteiger partial charge in [-0.3, -0.25) is 9.80 Å². The van der Waals surface area contributed by atoms with E-state index in [-0.39, 0.29) is 37.4 Å². The summed E-state index contributed by atoms with van der Waals surface area (Å²) in [6.07, 6.45) is 1.26. The van der Waals surface area contributed by atoms with E-state index in [4.69, 9.17) is 44.4 Å². The van der Waals surface area contributed by atoms with Crippen LogP contribution in [-0.2, 0) is 28.4 Å². The van der Waals surface area contributed by atoms with Crippen LogP contribution in [0, 0.1) is 0 Å². The number of nitrogens with zero attached hydrogens (tertiary/aromatic N) is 2. The highest BCUT2D eigenvalue weighted by Gasteiger charge is 2.46. The van der Waals surface area contributed by atoms with E-state index in [0.717, 1.165) is 12.8 Å². The first-order valence-electron chi connectivity index (χ1n) is 14.9. The van der Waals surface area contributed by atoms with E-state index in [1.165, 1.54) is 0 Å². The number of carbonyl (C=O) groups excluding carboxylic acids is 2. The molecule has 256 valence electrons. The summed E-state index contributed by atoms with van der Waals surface area (Å²) in [5, 5.41) is 17.4. The fourth-order valence-electron chi connectivity index (χ4n) is 4.32. The molecule has 0 radical (unpaired) electrons. The molecule has 13 heteroatoms. The Kier molecular flexibility index (Phi) is 17.5. The van der Waals surface area contributed by atoms with Gasteiger partial charge in [0.15, 0.2) is 0 Å². The molecule has 4 N–H and O–H groups in total. The van der Waals surface area contributed by atoms with Gasteiger partial charge in [-0.2, -0.15) is 0 Å². The largest absolute Gasteiger partial charge is 0.444 e. The number of hydrogen-bond acceptors (Lipinski definition) is 11. The highest BCUT2D eigenvalue weighted by molar-refractivity contribution is 5.70. The van der Waals surface area contributed by atoms with Crippen LogP contribution in [0.3, 0.4) is 0 Å². The van der Waals surface area contributed by atoms with Gasteiger partial charge < -0.3 is 44.4 Å². The zero-order valence-electron chi connectivity index (χ0n) is 28.7. The molecule has 0 aliphatic carbocycles. The Balaban J connectivity index is 0.000000661. The maximum Gasteiger partial charge on any atom is 0.412 e. The van der Waals surface area contributed by atoms with Gasteiger partial charge in [-0.1, -0.05) is 0 Å². The quantitative estimate of drug-likeness (QED) is 0.345. The summed E-state index contributed by atoms with van der Waals surface area (Å²) in [6.45, 7) is 20.7. The fourth-order valence-corrected chi connectivity index (χ4v) is 4.32. The van der Waals surface area contributed by atoms with E-state index >= 15 is 0 Å². The Morgan fingerprint density at radius 3 is 1.53 bits per heavy atom. The molecule has 0 spiro atoms. The Hall–Kier alpha value is -1.74. The molecule has 2 aliphatic heterocycles. The van der Waals surface area contributed by atoms with Crippen molar-refractivity contribution in [1.29, 1.82) is 0 Å². The van der Waals surface area contributed by atoms with Gasteiger partial charge in [0, 0.05) is 40.1 Å². The average Bonchev–Trinajstić information content (AvgIpc) is 3.33. The molecule has 0 aromatic carbocycles. The molecule has 2 heterocycles. The predicted molar refractivity (Wildman–Crippen MR) is 164 cm³/mol. The number of rotatable bonds is 9. The van der Waals surface area contributed by atoms with E-state index in [1.807, 2.05) is 69.2 Å². The smallest absolute Gasteiger partial charge is 0.412 e. The second-order valence-corrected chi connectivity index (χ2v) is 13.5. The van der Waals surface area contributed by atoms with E-state index in [0.29, 0.717) is 32.8 Å². The molecule has 13 nitrogen and oxygen atoms in total. The van der Waals surface area contributed by atoms with Gasteiger partial charge in [-0.15, -0.1) is 0 Å². The van der Waals surface area contributed by atoms with Gasteiger partial charge in [0.2, 0.25) is 0 Å². The Labute approximate surface area is 259 Å². The lowest BCUT2D eigenvalue weighted by Gasteiger charge is -2.35.